The number of ether oxygens (including phenoxy) is 1. The Hall–Kier alpha value is -1.15. The molecule has 12 heavy (non-hydrogen) atoms. The summed E-state index contributed by atoms with van der Waals surface area (Å²) in [5.41, 5.74) is 2.11. The molecule has 0 aliphatic heterocycles. The Balaban J connectivity index is 2.91. The first-order chi connectivity index (χ1) is 5.88. The van der Waals surface area contributed by atoms with Crippen LogP contribution in [-0.4, -0.2) is 12.1 Å². The van der Waals surface area contributed by atoms with Gasteiger partial charge < -0.3 is 4.74 Å². The monoisotopic (exact) mass is 163 g/mol. The lowest BCUT2D eigenvalue weighted by Gasteiger charge is -2.01. The number of pyridine rings is 1. The molecular weight excluding hydrogens is 150 g/mol. The maximum atomic E-state index is 5.02. The summed E-state index contributed by atoms with van der Waals surface area (Å²) in [6.45, 7) is 2.56. The van der Waals surface area contributed by atoms with E-state index in [1.165, 1.54) is 0 Å². The van der Waals surface area contributed by atoms with Crippen molar-refractivity contribution in [2.75, 3.05) is 7.11 Å². The van der Waals surface area contributed by atoms with Crippen molar-refractivity contribution in [2.45, 2.75) is 13.5 Å². The van der Waals surface area contributed by atoms with E-state index < -0.39 is 0 Å². The van der Waals surface area contributed by atoms with E-state index in [1.54, 1.807) is 13.3 Å². The van der Waals surface area contributed by atoms with E-state index >= 15 is 0 Å². The number of allylic oxidation sites excluding steroid dienone is 1. The van der Waals surface area contributed by atoms with E-state index in [4.69, 9.17) is 4.74 Å². The predicted octanol–water partition coefficient (Wildman–Crippen LogP) is 2.26. The fourth-order valence-corrected chi connectivity index (χ4v) is 1.04. The highest BCUT2D eigenvalue weighted by Gasteiger charge is 1.97. The zero-order valence-electron chi connectivity index (χ0n) is 7.45. The van der Waals surface area contributed by atoms with Crippen molar-refractivity contribution in [1.29, 1.82) is 0 Å². The van der Waals surface area contributed by atoms with Gasteiger partial charge in [-0.05, 0) is 18.6 Å². The summed E-state index contributed by atoms with van der Waals surface area (Å²) in [5.74, 6) is 0. The van der Waals surface area contributed by atoms with E-state index in [0.29, 0.717) is 6.61 Å². The minimum absolute atomic E-state index is 0.570. The second-order valence-electron chi connectivity index (χ2n) is 2.47. The minimum Gasteiger partial charge on any atom is -0.378 e. The molecule has 1 rings (SSSR count). The molecule has 0 unspecified atom stereocenters. The van der Waals surface area contributed by atoms with Gasteiger partial charge in [-0.25, -0.2) is 0 Å². The Kier molecular flexibility index (Phi) is 3.48. The second kappa shape index (κ2) is 4.67. The highest BCUT2D eigenvalue weighted by Crippen LogP contribution is 2.08. The molecule has 2 nitrogen and oxygen atoms in total. The molecule has 0 radical (unpaired) electrons. The van der Waals surface area contributed by atoms with E-state index in [0.717, 1.165) is 11.3 Å². The van der Waals surface area contributed by atoms with Crippen LogP contribution in [0.25, 0.3) is 6.08 Å². The Morgan fingerprint density at radius 3 is 3.08 bits per heavy atom. The molecule has 1 heterocycles. The first kappa shape index (κ1) is 8.94. The zero-order chi connectivity index (χ0) is 8.81. The van der Waals surface area contributed by atoms with Crippen molar-refractivity contribution in [1.82, 2.24) is 4.98 Å². The Bertz CT molecular complexity index is 268. The van der Waals surface area contributed by atoms with Gasteiger partial charge in [0, 0.05) is 13.3 Å². The van der Waals surface area contributed by atoms with Crippen molar-refractivity contribution in [3.05, 3.63) is 35.7 Å². The standard InChI is InChI=1S/C10H13NO/c1-3-5-9-6-4-7-11-10(9)8-12-2/h3-7H,8H2,1-2H3/b5-3-. The Morgan fingerprint density at radius 1 is 1.58 bits per heavy atom. The second-order valence-corrected chi connectivity index (χ2v) is 2.47. The van der Waals surface area contributed by atoms with Gasteiger partial charge in [-0.3, -0.25) is 4.98 Å². The lowest BCUT2D eigenvalue weighted by Crippen LogP contribution is -1.94. The summed E-state index contributed by atoms with van der Waals surface area (Å²) >= 11 is 0. The lowest BCUT2D eigenvalue weighted by atomic mass is 10.2. The highest BCUT2D eigenvalue weighted by molar-refractivity contribution is 5.50. The number of nitrogens with zero attached hydrogens (tertiary/aromatic N) is 1. The molecular formula is C10H13NO. The number of aromatic nitrogens is 1. The van der Waals surface area contributed by atoms with Crippen LogP contribution in [0.15, 0.2) is 24.4 Å². The van der Waals surface area contributed by atoms with Crippen LogP contribution in [0.2, 0.25) is 0 Å². The molecule has 1 aromatic rings. The summed E-state index contributed by atoms with van der Waals surface area (Å²) in [6, 6.07) is 3.95. The van der Waals surface area contributed by atoms with Gasteiger partial charge in [-0.15, -0.1) is 0 Å². The molecule has 0 bridgehead atoms. The van der Waals surface area contributed by atoms with Crippen LogP contribution in [0.1, 0.15) is 18.2 Å². The third kappa shape index (κ3) is 2.17. The molecule has 0 aliphatic carbocycles. The third-order valence-corrected chi connectivity index (χ3v) is 1.55. The van der Waals surface area contributed by atoms with E-state index in [-0.39, 0.29) is 0 Å². The molecule has 0 N–H and O–H groups in total. The smallest absolute Gasteiger partial charge is 0.0890 e. The fraction of sp³-hybridized carbons (Fsp3) is 0.300. The van der Waals surface area contributed by atoms with Crippen LogP contribution in [-0.2, 0) is 11.3 Å². The van der Waals surface area contributed by atoms with Crippen molar-refractivity contribution < 1.29 is 4.74 Å². The molecule has 0 saturated carbocycles. The van der Waals surface area contributed by atoms with Gasteiger partial charge in [0.05, 0.1) is 12.3 Å². The molecule has 2 heteroatoms. The van der Waals surface area contributed by atoms with Gasteiger partial charge in [-0.1, -0.05) is 18.2 Å². The number of methoxy groups -OCH3 is 1. The quantitative estimate of drug-likeness (QED) is 0.681. The van der Waals surface area contributed by atoms with Gasteiger partial charge in [-0.2, -0.15) is 0 Å². The normalized spacial score (nSPS) is 10.8. The summed E-state index contributed by atoms with van der Waals surface area (Å²) in [4.78, 5) is 4.21. The van der Waals surface area contributed by atoms with Crippen molar-refractivity contribution in [3.63, 3.8) is 0 Å². The van der Waals surface area contributed by atoms with E-state index in [1.807, 2.05) is 31.2 Å². The molecule has 0 aromatic carbocycles. The predicted molar refractivity (Wildman–Crippen MR) is 49.7 cm³/mol. The Labute approximate surface area is 72.9 Å². The van der Waals surface area contributed by atoms with Crippen LogP contribution in [0.4, 0.5) is 0 Å². The van der Waals surface area contributed by atoms with Gasteiger partial charge >= 0.3 is 0 Å². The average molecular weight is 163 g/mol. The van der Waals surface area contributed by atoms with Gasteiger partial charge in [0.25, 0.3) is 0 Å². The molecule has 64 valence electrons. The highest BCUT2D eigenvalue weighted by atomic mass is 16.5. The third-order valence-electron chi connectivity index (χ3n) is 1.55. The molecule has 0 atom stereocenters. The average Bonchev–Trinajstić information content (AvgIpc) is 2.09. The molecule has 0 amide bonds. The van der Waals surface area contributed by atoms with Crippen LogP contribution < -0.4 is 0 Å². The fourth-order valence-electron chi connectivity index (χ4n) is 1.04. The van der Waals surface area contributed by atoms with Gasteiger partial charge in [0.2, 0.25) is 0 Å². The number of hydrogen-bond donors (Lipinski definition) is 0. The summed E-state index contributed by atoms with van der Waals surface area (Å²) < 4.78 is 5.02. The maximum absolute atomic E-state index is 5.02. The van der Waals surface area contributed by atoms with Gasteiger partial charge in [0.1, 0.15) is 0 Å². The molecule has 0 fully saturated rings. The largest absolute Gasteiger partial charge is 0.378 e. The first-order valence-corrected chi connectivity index (χ1v) is 3.94. The molecule has 0 aliphatic rings. The molecule has 0 spiro atoms. The summed E-state index contributed by atoms with van der Waals surface area (Å²) in [5, 5.41) is 0. The molecule has 1 aromatic heterocycles. The topological polar surface area (TPSA) is 22.1 Å². The van der Waals surface area contributed by atoms with Crippen LogP contribution >= 0.6 is 0 Å². The van der Waals surface area contributed by atoms with Crippen LogP contribution in [0.5, 0.6) is 0 Å². The van der Waals surface area contributed by atoms with E-state index in [9.17, 15) is 0 Å². The van der Waals surface area contributed by atoms with Crippen molar-refractivity contribution >= 4 is 6.08 Å². The van der Waals surface area contributed by atoms with Gasteiger partial charge in [0.15, 0.2) is 0 Å². The summed E-state index contributed by atoms with van der Waals surface area (Å²) in [6.07, 6.45) is 5.80. The van der Waals surface area contributed by atoms with Crippen molar-refractivity contribution in [2.24, 2.45) is 0 Å². The van der Waals surface area contributed by atoms with Crippen molar-refractivity contribution in [3.8, 4) is 0 Å². The number of rotatable bonds is 3. The lowest BCUT2D eigenvalue weighted by molar-refractivity contribution is 0.181. The van der Waals surface area contributed by atoms with Crippen LogP contribution in [0.3, 0.4) is 0 Å². The van der Waals surface area contributed by atoms with Crippen LogP contribution in [0, 0.1) is 0 Å². The zero-order valence-corrected chi connectivity index (χ0v) is 7.45. The SMILES string of the molecule is C/C=C\c1cccnc1COC. The van der Waals surface area contributed by atoms with E-state index in [2.05, 4.69) is 4.98 Å². The number of hydrogen-bond acceptors (Lipinski definition) is 2. The summed E-state index contributed by atoms with van der Waals surface area (Å²) in [7, 11) is 1.67. The first-order valence-electron chi connectivity index (χ1n) is 3.94. The minimum atomic E-state index is 0.570. The maximum Gasteiger partial charge on any atom is 0.0890 e. The Morgan fingerprint density at radius 2 is 2.42 bits per heavy atom. The molecule has 0 saturated heterocycles.